The van der Waals surface area contributed by atoms with Crippen molar-refractivity contribution in [1.82, 2.24) is 4.90 Å². The van der Waals surface area contributed by atoms with Gasteiger partial charge >= 0.3 is 0 Å². The van der Waals surface area contributed by atoms with E-state index in [0.29, 0.717) is 0 Å². The first kappa shape index (κ1) is 12.1. The minimum Gasteiger partial charge on any atom is -0.338 e. The number of amides is 1. The zero-order valence-corrected chi connectivity index (χ0v) is 9.87. The molecule has 1 amide bonds. The van der Waals surface area contributed by atoms with Crippen LogP contribution in [0.4, 0.5) is 0 Å². The molecule has 1 aromatic carbocycles. The van der Waals surface area contributed by atoms with Crippen molar-refractivity contribution in [2.45, 2.75) is 19.4 Å². The Morgan fingerprint density at radius 3 is 2.47 bits per heavy atom. The van der Waals surface area contributed by atoms with E-state index in [1.807, 2.05) is 30.3 Å². The van der Waals surface area contributed by atoms with Crippen molar-refractivity contribution in [2.24, 2.45) is 0 Å². The van der Waals surface area contributed by atoms with E-state index >= 15 is 0 Å². The van der Waals surface area contributed by atoms with E-state index in [1.54, 1.807) is 11.9 Å². The van der Waals surface area contributed by atoms with Gasteiger partial charge in [-0.25, -0.2) is 0 Å². The molecule has 0 aliphatic heterocycles. The summed E-state index contributed by atoms with van der Waals surface area (Å²) >= 11 is 5.54. The normalized spacial score (nSPS) is 12.2. The second-order valence-corrected chi connectivity index (χ2v) is 3.74. The minimum absolute atomic E-state index is 0.0348. The lowest BCUT2D eigenvalue weighted by Gasteiger charge is -2.27. The summed E-state index contributed by atoms with van der Waals surface area (Å²) in [6, 6.07) is 10.1. The Morgan fingerprint density at radius 2 is 2.00 bits per heavy atom. The summed E-state index contributed by atoms with van der Waals surface area (Å²) in [6.07, 6.45) is 0.892. The van der Waals surface area contributed by atoms with Crippen LogP contribution in [0.5, 0.6) is 0 Å². The maximum atomic E-state index is 11.5. The van der Waals surface area contributed by atoms with Gasteiger partial charge in [-0.1, -0.05) is 37.3 Å². The molecule has 15 heavy (non-hydrogen) atoms. The molecule has 0 unspecified atom stereocenters. The number of halogens is 1. The van der Waals surface area contributed by atoms with E-state index < -0.39 is 0 Å². The maximum absolute atomic E-state index is 11.5. The molecule has 0 aromatic heterocycles. The lowest BCUT2D eigenvalue weighted by molar-refractivity contribution is -0.129. The maximum Gasteiger partial charge on any atom is 0.237 e. The average molecular weight is 226 g/mol. The third kappa shape index (κ3) is 2.96. The van der Waals surface area contributed by atoms with E-state index in [1.165, 1.54) is 0 Å². The van der Waals surface area contributed by atoms with Crippen LogP contribution in [0, 0.1) is 0 Å². The standard InChI is InChI=1S/C12H16ClNO/c1-3-11(14(2)12(15)9-13)10-7-5-4-6-8-10/h4-8,11H,3,9H2,1-2H3/t11-/m1/s1. The zero-order chi connectivity index (χ0) is 11.3. The Balaban J connectivity index is 2.85. The summed E-state index contributed by atoms with van der Waals surface area (Å²) in [7, 11) is 1.80. The van der Waals surface area contributed by atoms with Gasteiger partial charge in [0.25, 0.3) is 0 Å². The van der Waals surface area contributed by atoms with Gasteiger partial charge in [0.15, 0.2) is 0 Å². The fraction of sp³-hybridized carbons (Fsp3) is 0.417. The van der Waals surface area contributed by atoms with Crippen LogP contribution in [0.1, 0.15) is 24.9 Å². The van der Waals surface area contributed by atoms with Gasteiger partial charge in [-0.15, -0.1) is 11.6 Å². The van der Waals surface area contributed by atoms with Crippen LogP contribution in [0.2, 0.25) is 0 Å². The lowest BCUT2D eigenvalue weighted by Crippen LogP contribution is -2.31. The average Bonchev–Trinajstić information content (AvgIpc) is 2.30. The lowest BCUT2D eigenvalue weighted by atomic mass is 10.0. The van der Waals surface area contributed by atoms with Crippen LogP contribution in [-0.2, 0) is 4.79 Å². The van der Waals surface area contributed by atoms with Gasteiger partial charge in [0.1, 0.15) is 5.88 Å². The highest BCUT2D eigenvalue weighted by Gasteiger charge is 2.18. The number of alkyl halides is 1. The van der Waals surface area contributed by atoms with Crippen LogP contribution >= 0.6 is 11.6 Å². The molecule has 0 heterocycles. The van der Waals surface area contributed by atoms with Crippen LogP contribution in [0.3, 0.4) is 0 Å². The molecule has 0 saturated carbocycles. The highest BCUT2D eigenvalue weighted by Crippen LogP contribution is 2.22. The monoisotopic (exact) mass is 225 g/mol. The SMILES string of the molecule is CC[C@H](c1ccccc1)N(C)C(=O)CCl. The second kappa shape index (κ2) is 5.76. The van der Waals surface area contributed by atoms with Crippen molar-refractivity contribution in [3.8, 4) is 0 Å². The molecule has 1 aromatic rings. The van der Waals surface area contributed by atoms with Gasteiger partial charge in [-0.05, 0) is 12.0 Å². The largest absolute Gasteiger partial charge is 0.338 e. The van der Waals surface area contributed by atoms with E-state index in [0.717, 1.165) is 12.0 Å². The Labute approximate surface area is 95.8 Å². The van der Waals surface area contributed by atoms with Gasteiger partial charge < -0.3 is 4.90 Å². The van der Waals surface area contributed by atoms with Gasteiger partial charge in [-0.2, -0.15) is 0 Å². The molecule has 1 atom stereocenters. The first-order valence-electron chi connectivity index (χ1n) is 5.07. The highest BCUT2D eigenvalue weighted by molar-refractivity contribution is 6.27. The fourth-order valence-corrected chi connectivity index (χ4v) is 1.86. The molecule has 0 aliphatic rings. The Morgan fingerprint density at radius 1 is 1.40 bits per heavy atom. The molecule has 2 nitrogen and oxygen atoms in total. The van der Waals surface area contributed by atoms with E-state index in [-0.39, 0.29) is 17.8 Å². The third-order valence-electron chi connectivity index (χ3n) is 2.55. The summed E-state index contributed by atoms with van der Waals surface area (Å²) < 4.78 is 0. The van der Waals surface area contributed by atoms with Crippen LogP contribution in [0.15, 0.2) is 30.3 Å². The molecule has 0 radical (unpaired) electrons. The van der Waals surface area contributed by atoms with Gasteiger partial charge in [0, 0.05) is 7.05 Å². The van der Waals surface area contributed by atoms with Crippen LogP contribution in [-0.4, -0.2) is 23.7 Å². The quantitative estimate of drug-likeness (QED) is 0.722. The molecule has 82 valence electrons. The second-order valence-electron chi connectivity index (χ2n) is 3.47. The molecule has 0 fully saturated rings. The van der Waals surface area contributed by atoms with Crippen molar-refractivity contribution in [1.29, 1.82) is 0 Å². The molecule has 0 saturated heterocycles. The van der Waals surface area contributed by atoms with E-state index in [2.05, 4.69) is 6.92 Å². The number of carbonyl (C=O) groups excluding carboxylic acids is 1. The summed E-state index contributed by atoms with van der Waals surface area (Å²) in [5, 5.41) is 0. The number of benzene rings is 1. The molecule has 0 spiro atoms. The number of hydrogen-bond acceptors (Lipinski definition) is 1. The van der Waals surface area contributed by atoms with Gasteiger partial charge in [-0.3, -0.25) is 4.79 Å². The molecule has 0 bridgehead atoms. The molecule has 3 heteroatoms. The number of carbonyl (C=O) groups is 1. The first-order chi connectivity index (χ1) is 7.20. The van der Waals surface area contributed by atoms with Crippen LogP contribution < -0.4 is 0 Å². The highest BCUT2D eigenvalue weighted by atomic mass is 35.5. The summed E-state index contributed by atoms with van der Waals surface area (Å²) in [6.45, 7) is 2.07. The van der Waals surface area contributed by atoms with Crippen molar-refractivity contribution in [2.75, 3.05) is 12.9 Å². The summed E-state index contributed by atoms with van der Waals surface area (Å²) in [4.78, 5) is 13.2. The predicted molar refractivity (Wildman–Crippen MR) is 63.0 cm³/mol. The smallest absolute Gasteiger partial charge is 0.237 e. The Hall–Kier alpha value is -1.02. The first-order valence-corrected chi connectivity index (χ1v) is 5.60. The predicted octanol–water partition coefficient (Wildman–Crippen LogP) is 2.83. The summed E-state index contributed by atoms with van der Waals surface area (Å²) in [5.41, 5.74) is 1.15. The topological polar surface area (TPSA) is 20.3 Å². The fourth-order valence-electron chi connectivity index (χ4n) is 1.68. The minimum atomic E-state index is -0.0348. The molecular formula is C12H16ClNO. The van der Waals surface area contributed by atoms with Crippen molar-refractivity contribution in [3.05, 3.63) is 35.9 Å². The summed E-state index contributed by atoms with van der Waals surface area (Å²) in [5.74, 6) is 0.00666. The third-order valence-corrected chi connectivity index (χ3v) is 2.77. The zero-order valence-electron chi connectivity index (χ0n) is 9.11. The van der Waals surface area contributed by atoms with E-state index in [9.17, 15) is 4.79 Å². The van der Waals surface area contributed by atoms with E-state index in [4.69, 9.17) is 11.6 Å². The Bertz CT molecular complexity index is 313. The number of hydrogen-bond donors (Lipinski definition) is 0. The number of nitrogens with zero attached hydrogens (tertiary/aromatic N) is 1. The van der Waals surface area contributed by atoms with Crippen molar-refractivity contribution in [3.63, 3.8) is 0 Å². The molecule has 0 aliphatic carbocycles. The van der Waals surface area contributed by atoms with Gasteiger partial charge in [0.2, 0.25) is 5.91 Å². The van der Waals surface area contributed by atoms with Crippen LogP contribution in [0.25, 0.3) is 0 Å². The van der Waals surface area contributed by atoms with Crippen molar-refractivity contribution >= 4 is 17.5 Å². The molecule has 1 rings (SSSR count). The van der Waals surface area contributed by atoms with Gasteiger partial charge in [0.05, 0.1) is 6.04 Å². The molecular weight excluding hydrogens is 210 g/mol. The van der Waals surface area contributed by atoms with Crippen molar-refractivity contribution < 1.29 is 4.79 Å². The Kier molecular flexibility index (Phi) is 4.63. The number of rotatable bonds is 4. The molecule has 0 N–H and O–H groups in total.